The molecular weight excluding hydrogens is 386 g/mol. The Morgan fingerprint density at radius 1 is 1.03 bits per heavy atom. The van der Waals surface area contributed by atoms with Crippen molar-refractivity contribution >= 4 is 11.7 Å². The third-order valence-electron chi connectivity index (χ3n) is 5.36. The summed E-state index contributed by atoms with van der Waals surface area (Å²) in [6.07, 6.45) is 4.09. The minimum atomic E-state index is -0.0822. The predicted octanol–water partition coefficient (Wildman–Crippen LogP) is 6.08. The van der Waals surface area contributed by atoms with Gasteiger partial charge in [0.2, 0.25) is 0 Å². The highest BCUT2D eigenvalue weighted by Gasteiger charge is 2.16. The largest absolute Gasteiger partial charge is 0.494 e. The summed E-state index contributed by atoms with van der Waals surface area (Å²) in [5.74, 6) is 0.803. The molecule has 5 heteroatoms. The number of hydrogen-bond donors (Lipinski definition) is 1. The van der Waals surface area contributed by atoms with Crippen LogP contribution >= 0.6 is 0 Å². The summed E-state index contributed by atoms with van der Waals surface area (Å²) in [5, 5.41) is 3.03. The number of urea groups is 1. The van der Waals surface area contributed by atoms with Crippen molar-refractivity contribution < 1.29 is 9.53 Å². The first-order valence-corrected chi connectivity index (χ1v) is 11.1. The molecule has 0 aliphatic carbocycles. The Bertz CT molecular complexity index is 963. The van der Waals surface area contributed by atoms with E-state index in [2.05, 4.69) is 66.3 Å². The summed E-state index contributed by atoms with van der Waals surface area (Å²) >= 11 is 0. The lowest BCUT2D eigenvalue weighted by Gasteiger charge is -2.24. The molecular formula is C26H33N3O2. The minimum Gasteiger partial charge on any atom is -0.494 e. The molecule has 1 aromatic heterocycles. The predicted molar refractivity (Wildman–Crippen MR) is 127 cm³/mol. The molecule has 0 bridgehead atoms. The van der Waals surface area contributed by atoms with Crippen LogP contribution in [-0.2, 0) is 13.1 Å². The van der Waals surface area contributed by atoms with Crippen molar-refractivity contribution in [3.63, 3.8) is 0 Å². The second-order valence-electron chi connectivity index (χ2n) is 7.72. The maximum absolute atomic E-state index is 13.1. The highest BCUT2D eigenvalue weighted by Crippen LogP contribution is 2.18. The lowest BCUT2D eigenvalue weighted by molar-refractivity contribution is 0.207. The van der Waals surface area contributed by atoms with Crippen LogP contribution in [0.15, 0.2) is 66.9 Å². The van der Waals surface area contributed by atoms with Crippen LogP contribution in [-0.4, -0.2) is 28.6 Å². The Hall–Kier alpha value is -3.21. The van der Waals surface area contributed by atoms with E-state index in [1.807, 2.05) is 36.1 Å². The number of nitrogens with one attached hydrogen (secondary N) is 1. The lowest BCUT2D eigenvalue weighted by atomic mass is 10.1. The molecule has 3 aromatic rings. The lowest BCUT2D eigenvalue weighted by Crippen LogP contribution is -2.36. The second-order valence-corrected chi connectivity index (χ2v) is 7.72. The molecule has 0 atom stereocenters. The summed E-state index contributed by atoms with van der Waals surface area (Å²) in [4.78, 5) is 14.9. The average Bonchev–Trinajstić information content (AvgIpc) is 3.21. The van der Waals surface area contributed by atoms with Crippen LogP contribution in [0.2, 0.25) is 0 Å². The molecule has 0 saturated heterocycles. The van der Waals surface area contributed by atoms with Crippen molar-refractivity contribution in [3.8, 4) is 5.75 Å². The first-order chi connectivity index (χ1) is 15.1. The fourth-order valence-electron chi connectivity index (χ4n) is 3.52. The van der Waals surface area contributed by atoms with Gasteiger partial charge in [0, 0.05) is 30.7 Å². The molecule has 0 saturated carbocycles. The first kappa shape index (κ1) is 22.5. The van der Waals surface area contributed by atoms with Crippen LogP contribution in [0.4, 0.5) is 10.5 Å². The molecule has 0 spiro atoms. The highest BCUT2D eigenvalue weighted by molar-refractivity contribution is 5.89. The van der Waals surface area contributed by atoms with Crippen molar-refractivity contribution in [2.45, 2.75) is 46.7 Å². The zero-order valence-corrected chi connectivity index (χ0v) is 18.8. The van der Waals surface area contributed by atoms with Crippen molar-refractivity contribution in [1.29, 1.82) is 0 Å². The fraction of sp³-hybridized carbons (Fsp3) is 0.346. The van der Waals surface area contributed by atoms with E-state index < -0.39 is 0 Å². The van der Waals surface area contributed by atoms with Crippen molar-refractivity contribution in [3.05, 3.63) is 83.7 Å². The number of carbonyl (C=O) groups is 1. The summed E-state index contributed by atoms with van der Waals surface area (Å²) in [6.45, 7) is 8.95. The molecule has 164 valence electrons. The van der Waals surface area contributed by atoms with Gasteiger partial charge in [-0.05, 0) is 67.8 Å². The molecule has 1 heterocycles. The van der Waals surface area contributed by atoms with E-state index in [4.69, 9.17) is 4.74 Å². The Labute approximate surface area is 185 Å². The summed E-state index contributed by atoms with van der Waals surface area (Å²) in [6, 6.07) is 20.0. The first-order valence-electron chi connectivity index (χ1n) is 11.1. The summed E-state index contributed by atoms with van der Waals surface area (Å²) in [7, 11) is 0. The van der Waals surface area contributed by atoms with Gasteiger partial charge in [0.15, 0.2) is 0 Å². The molecule has 5 nitrogen and oxygen atoms in total. The number of benzene rings is 2. The topological polar surface area (TPSA) is 46.5 Å². The van der Waals surface area contributed by atoms with Gasteiger partial charge < -0.3 is 19.5 Å². The summed E-state index contributed by atoms with van der Waals surface area (Å²) in [5.41, 5.74) is 4.46. The molecule has 0 fully saturated rings. The zero-order valence-electron chi connectivity index (χ0n) is 18.8. The number of unbranched alkanes of at least 4 members (excludes halogenated alkanes) is 1. The number of carbonyl (C=O) groups excluding carboxylic acids is 1. The number of rotatable bonds is 10. The second kappa shape index (κ2) is 11.3. The fourth-order valence-corrected chi connectivity index (χ4v) is 3.52. The van der Waals surface area contributed by atoms with Crippen LogP contribution in [0.25, 0.3) is 0 Å². The molecule has 31 heavy (non-hydrogen) atoms. The number of aromatic nitrogens is 1. The highest BCUT2D eigenvalue weighted by atomic mass is 16.5. The van der Waals surface area contributed by atoms with E-state index in [9.17, 15) is 4.79 Å². The summed E-state index contributed by atoms with van der Waals surface area (Å²) < 4.78 is 7.71. The molecule has 0 aliphatic heterocycles. The Morgan fingerprint density at radius 3 is 2.52 bits per heavy atom. The normalized spacial score (nSPS) is 10.7. The van der Waals surface area contributed by atoms with Crippen LogP contribution < -0.4 is 10.1 Å². The van der Waals surface area contributed by atoms with Gasteiger partial charge in [-0.3, -0.25) is 0 Å². The molecule has 2 aromatic carbocycles. The molecule has 0 aliphatic rings. The average molecular weight is 420 g/mol. The number of anilines is 1. The standard InChI is InChI=1S/C26H33N3O2/c1-4-6-17-29(26(30)27-23-13-15-25(16-14-23)31-5-2)20-24-12-9-18-28(24)19-22-11-8-7-10-21(22)3/h7-16,18H,4-6,17,19-20H2,1-3H3,(H,27,30). The quantitative estimate of drug-likeness (QED) is 0.433. The Balaban J connectivity index is 1.70. The third kappa shape index (κ3) is 6.38. The van der Waals surface area contributed by atoms with Gasteiger partial charge in [-0.2, -0.15) is 0 Å². The van der Waals surface area contributed by atoms with Crippen LogP contribution in [0.5, 0.6) is 5.75 Å². The molecule has 3 rings (SSSR count). The van der Waals surface area contributed by atoms with Crippen molar-refractivity contribution in [1.82, 2.24) is 9.47 Å². The van der Waals surface area contributed by atoms with E-state index in [-0.39, 0.29) is 6.03 Å². The van der Waals surface area contributed by atoms with Crippen LogP contribution in [0.1, 0.15) is 43.5 Å². The number of nitrogens with zero attached hydrogens (tertiary/aromatic N) is 2. The number of hydrogen-bond acceptors (Lipinski definition) is 2. The smallest absolute Gasteiger partial charge is 0.322 e. The molecule has 0 radical (unpaired) electrons. The molecule has 1 N–H and O–H groups in total. The third-order valence-corrected chi connectivity index (χ3v) is 5.36. The van der Waals surface area contributed by atoms with Gasteiger partial charge in [-0.15, -0.1) is 0 Å². The van der Waals surface area contributed by atoms with Crippen molar-refractivity contribution in [2.24, 2.45) is 0 Å². The van der Waals surface area contributed by atoms with Gasteiger partial charge in [-0.1, -0.05) is 37.6 Å². The molecule has 2 amide bonds. The van der Waals surface area contributed by atoms with E-state index in [1.165, 1.54) is 11.1 Å². The van der Waals surface area contributed by atoms with Crippen LogP contribution in [0, 0.1) is 6.92 Å². The van der Waals surface area contributed by atoms with Gasteiger partial charge in [0.25, 0.3) is 0 Å². The number of ether oxygens (including phenoxy) is 1. The minimum absolute atomic E-state index is 0.0822. The van der Waals surface area contributed by atoms with Gasteiger partial charge in [0.05, 0.1) is 13.2 Å². The Morgan fingerprint density at radius 2 is 1.81 bits per heavy atom. The number of aryl methyl sites for hydroxylation is 1. The van der Waals surface area contributed by atoms with Gasteiger partial charge in [0.1, 0.15) is 5.75 Å². The SMILES string of the molecule is CCCCN(Cc1cccn1Cc1ccccc1C)C(=O)Nc1ccc(OCC)cc1. The maximum atomic E-state index is 13.1. The van der Waals surface area contributed by atoms with Crippen LogP contribution in [0.3, 0.4) is 0 Å². The van der Waals surface area contributed by atoms with Gasteiger partial charge >= 0.3 is 6.03 Å². The van der Waals surface area contributed by atoms with Gasteiger partial charge in [-0.25, -0.2) is 4.79 Å². The number of amides is 2. The zero-order chi connectivity index (χ0) is 22.1. The van der Waals surface area contributed by atoms with E-state index in [0.29, 0.717) is 13.2 Å². The molecule has 0 unspecified atom stereocenters. The monoisotopic (exact) mass is 419 g/mol. The van der Waals surface area contributed by atoms with E-state index in [0.717, 1.165) is 43.1 Å². The van der Waals surface area contributed by atoms with Crippen molar-refractivity contribution in [2.75, 3.05) is 18.5 Å². The Kier molecular flexibility index (Phi) is 8.16. The van der Waals surface area contributed by atoms with E-state index in [1.54, 1.807) is 0 Å². The van der Waals surface area contributed by atoms with E-state index >= 15 is 0 Å². The maximum Gasteiger partial charge on any atom is 0.322 e.